The van der Waals surface area contributed by atoms with Gasteiger partial charge in [-0.25, -0.2) is 4.98 Å². The third-order valence-corrected chi connectivity index (χ3v) is 5.24. The minimum Gasteiger partial charge on any atom is -0.481 e. The maximum Gasteiger partial charge on any atom is 0.303 e. The second kappa shape index (κ2) is 14.2. The summed E-state index contributed by atoms with van der Waals surface area (Å²) in [5.74, 6) is -0.664. The van der Waals surface area contributed by atoms with Gasteiger partial charge in [-0.1, -0.05) is 37.3 Å². The smallest absolute Gasteiger partial charge is 0.303 e. The fourth-order valence-electron chi connectivity index (χ4n) is 2.49. The lowest BCUT2D eigenvalue weighted by atomic mass is 10.1. The second-order valence-corrected chi connectivity index (χ2v) is 7.98. The number of aliphatic carboxylic acids is 2. The number of rotatable bonds is 15. The molecule has 0 aromatic carbocycles. The minimum atomic E-state index is -0.833. The summed E-state index contributed by atoms with van der Waals surface area (Å²) in [6.07, 6.45) is 7.93. The molecule has 0 aliphatic carbocycles. The number of carbonyl (C=O) groups is 3. The Kier molecular flexibility index (Phi) is 12.3. The summed E-state index contributed by atoms with van der Waals surface area (Å²) in [7, 11) is 0. The van der Waals surface area contributed by atoms with Crippen LogP contribution in [0.4, 0.5) is 5.82 Å². The van der Waals surface area contributed by atoms with Crippen molar-refractivity contribution in [2.24, 2.45) is 0 Å². The largest absolute Gasteiger partial charge is 0.481 e. The van der Waals surface area contributed by atoms with Crippen LogP contribution in [0.5, 0.6) is 0 Å². The van der Waals surface area contributed by atoms with Crippen molar-refractivity contribution in [3.63, 3.8) is 0 Å². The summed E-state index contributed by atoms with van der Waals surface area (Å²) in [5.41, 5.74) is 0. The first-order valence-corrected chi connectivity index (χ1v) is 10.8. The van der Waals surface area contributed by atoms with Gasteiger partial charge >= 0.3 is 11.9 Å². The first-order chi connectivity index (χ1) is 13.4. The third kappa shape index (κ3) is 11.8. The number of pyridine rings is 1. The van der Waals surface area contributed by atoms with Crippen molar-refractivity contribution in [2.75, 3.05) is 11.1 Å². The zero-order chi connectivity index (χ0) is 20.8. The molecule has 0 spiro atoms. The number of nitrogens with one attached hydrogen (secondary N) is 1. The molecule has 0 atom stereocenters. The fourth-order valence-corrected chi connectivity index (χ4v) is 3.68. The number of unbranched alkanes of at least 4 members (excludes halogenated alkanes) is 5. The van der Waals surface area contributed by atoms with Gasteiger partial charge in [0.05, 0.1) is 9.92 Å². The van der Waals surface area contributed by atoms with Crippen LogP contribution in [0.2, 0.25) is 5.02 Å². The van der Waals surface area contributed by atoms with Crippen LogP contribution in [0.1, 0.15) is 64.2 Å². The lowest BCUT2D eigenvalue weighted by molar-refractivity contribution is -0.138. The maximum atomic E-state index is 12.1. The lowest BCUT2D eigenvalue weighted by Gasteiger charge is -2.10. The zero-order valence-corrected chi connectivity index (χ0v) is 17.4. The number of nitrogens with zero attached hydrogens (tertiary/aromatic N) is 1. The summed E-state index contributed by atoms with van der Waals surface area (Å²) in [6.45, 7) is 0. The minimum absolute atomic E-state index is 0.0962. The number of hydrogen-bond donors (Lipinski definition) is 3. The molecule has 156 valence electrons. The van der Waals surface area contributed by atoms with Crippen LogP contribution in [-0.2, 0) is 14.4 Å². The van der Waals surface area contributed by atoms with E-state index in [0.29, 0.717) is 35.9 Å². The van der Waals surface area contributed by atoms with Gasteiger partial charge in [0.1, 0.15) is 5.82 Å². The van der Waals surface area contributed by atoms with Crippen molar-refractivity contribution in [1.82, 2.24) is 4.98 Å². The zero-order valence-electron chi connectivity index (χ0n) is 15.8. The summed E-state index contributed by atoms with van der Waals surface area (Å²) in [6, 6.07) is 1.72. The molecule has 1 rings (SSSR count). The molecule has 0 saturated heterocycles. The third-order valence-electron chi connectivity index (χ3n) is 3.91. The Balaban J connectivity index is 2.30. The quantitative estimate of drug-likeness (QED) is 0.269. The highest BCUT2D eigenvalue weighted by Crippen LogP contribution is 2.29. The van der Waals surface area contributed by atoms with Crippen molar-refractivity contribution >= 4 is 47.0 Å². The van der Waals surface area contributed by atoms with Gasteiger partial charge in [0, 0.05) is 25.5 Å². The fraction of sp³-hybridized carbons (Fsp3) is 0.579. The van der Waals surface area contributed by atoms with Gasteiger partial charge < -0.3 is 15.5 Å². The van der Waals surface area contributed by atoms with Crippen molar-refractivity contribution in [3.05, 3.63) is 17.3 Å². The van der Waals surface area contributed by atoms with E-state index in [1.807, 2.05) is 0 Å². The summed E-state index contributed by atoms with van der Waals surface area (Å²) >= 11 is 7.39. The predicted octanol–water partition coefficient (Wildman–Crippen LogP) is 4.84. The first kappa shape index (κ1) is 24.2. The molecule has 0 aliphatic rings. The highest BCUT2D eigenvalue weighted by atomic mass is 35.5. The molecule has 0 aliphatic heterocycles. The lowest BCUT2D eigenvalue weighted by Crippen LogP contribution is -2.13. The van der Waals surface area contributed by atoms with E-state index in [4.69, 9.17) is 21.8 Å². The molecule has 9 heteroatoms. The maximum absolute atomic E-state index is 12.1. The van der Waals surface area contributed by atoms with E-state index in [1.165, 1.54) is 18.0 Å². The number of thioether (sulfide) groups is 1. The normalized spacial score (nSPS) is 10.6. The summed E-state index contributed by atoms with van der Waals surface area (Å²) in [5, 5.41) is 20.5. The molecular weight excluding hydrogens is 404 g/mol. The Hall–Kier alpha value is -1.80. The van der Waals surface area contributed by atoms with E-state index in [1.54, 1.807) is 6.07 Å². The van der Waals surface area contributed by atoms with E-state index in [0.717, 1.165) is 37.0 Å². The van der Waals surface area contributed by atoms with Crippen LogP contribution in [-0.4, -0.2) is 38.8 Å². The van der Waals surface area contributed by atoms with E-state index < -0.39 is 11.9 Å². The van der Waals surface area contributed by atoms with Crippen molar-refractivity contribution in [3.8, 4) is 0 Å². The summed E-state index contributed by atoms with van der Waals surface area (Å²) < 4.78 is 0. The van der Waals surface area contributed by atoms with Crippen molar-refractivity contribution in [2.45, 2.75) is 69.1 Å². The van der Waals surface area contributed by atoms with Crippen LogP contribution in [0.25, 0.3) is 0 Å². The van der Waals surface area contributed by atoms with Gasteiger partial charge in [-0.2, -0.15) is 0 Å². The standard InChI is InChI=1S/C19H27ClN2O5S/c20-14-12-15(28-11-7-10-18(26)27)19(21-13-14)22-16(23)8-5-3-1-2-4-6-9-17(24)25/h12-13H,1-11H2,(H,24,25)(H,26,27)(H,21,22,23). The summed E-state index contributed by atoms with van der Waals surface area (Å²) in [4.78, 5) is 38.0. The van der Waals surface area contributed by atoms with Gasteiger partial charge in [-0.15, -0.1) is 11.8 Å². The van der Waals surface area contributed by atoms with Crippen LogP contribution in [0.15, 0.2) is 17.2 Å². The number of anilines is 1. The van der Waals surface area contributed by atoms with E-state index >= 15 is 0 Å². The molecule has 1 amide bonds. The average Bonchev–Trinajstić information content (AvgIpc) is 2.62. The SMILES string of the molecule is O=C(O)CCCCCCCCC(=O)Nc1ncc(Cl)cc1SCCCC(=O)O. The number of amides is 1. The molecule has 1 heterocycles. The number of hydrogen-bond acceptors (Lipinski definition) is 5. The monoisotopic (exact) mass is 430 g/mol. The number of aromatic nitrogens is 1. The van der Waals surface area contributed by atoms with E-state index in [-0.39, 0.29) is 18.7 Å². The molecule has 0 radical (unpaired) electrons. The first-order valence-electron chi connectivity index (χ1n) is 9.40. The van der Waals surface area contributed by atoms with Gasteiger partial charge in [0.2, 0.25) is 5.91 Å². The predicted molar refractivity (Wildman–Crippen MR) is 110 cm³/mol. The van der Waals surface area contributed by atoms with E-state index in [9.17, 15) is 14.4 Å². The molecule has 0 bridgehead atoms. The molecule has 3 N–H and O–H groups in total. The molecule has 1 aromatic rings. The van der Waals surface area contributed by atoms with Crippen molar-refractivity contribution < 1.29 is 24.6 Å². The van der Waals surface area contributed by atoms with E-state index in [2.05, 4.69) is 10.3 Å². The molecule has 7 nitrogen and oxygen atoms in total. The number of carbonyl (C=O) groups excluding carboxylic acids is 1. The Morgan fingerprint density at radius 2 is 1.50 bits per heavy atom. The van der Waals surface area contributed by atoms with Crippen molar-refractivity contribution in [1.29, 1.82) is 0 Å². The Bertz CT molecular complexity index is 657. The topological polar surface area (TPSA) is 117 Å². The van der Waals surface area contributed by atoms with Gasteiger partial charge in [0.15, 0.2) is 0 Å². The van der Waals surface area contributed by atoms with Gasteiger partial charge in [-0.05, 0) is 31.1 Å². The van der Waals surface area contributed by atoms with Crippen LogP contribution in [0.3, 0.4) is 0 Å². The number of carboxylic acid groups (broad SMARTS) is 2. The number of carboxylic acids is 2. The van der Waals surface area contributed by atoms with Crippen LogP contribution < -0.4 is 5.32 Å². The highest BCUT2D eigenvalue weighted by Gasteiger charge is 2.10. The molecular formula is C19H27ClN2O5S. The van der Waals surface area contributed by atoms with Crippen LogP contribution >= 0.6 is 23.4 Å². The Labute approximate surface area is 174 Å². The molecule has 1 aromatic heterocycles. The van der Waals surface area contributed by atoms with Gasteiger partial charge in [-0.3, -0.25) is 14.4 Å². The Morgan fingerprint density at radius 3 is 2.14 bits per heavy atom. The number of halogens is 1. The molecule has 0 unspecified atom stereocenters. The van der Waals surface area contributed by atoms with Gasteiger partial charge in [0.25, 0.3) is 0 Å². The Morgan fingerprint density at radius 1 is 0.929 bits per heavy atom. The average molecular weight is 431 g/mol. The van der Waals surface area contributed by atoms with Crippen LogP contribution in [0, 0.1) is 0 Å². The molecule has 0 fully saturated rings. The molecule has 0 saturated carbocycles. The molecule has 28 heavy (non-hydrogen) atoms. The second-order valence-electron chi connectivity index (χ2n) is 6.41. The highest BCUT2D eigenvalue weighted by molar-refractivity contribution is 7.99.